The summed E-state index contributed by atoms with van der Waals surface area (Å²) in [6.45, 7) is 10.5. The molecule has 2 N–H and O–H groups in total. The molecule has 1 atom stereocenters. The van der Waals surface area contributed by atoms with E-state index < -0.39 is 11.7 Å². The minimum atomic E-state index is -0.498. The van der Waals surface area contributed by atoms with E-state index in [9.17, 15) is 9.18 Å². The highest BCUT2D eigenvalue weighted by molar-refractivity contribution is 5.68. The molecule has 1 unspecified atom stereocenters. The molecule has 0 aromatic heterocycles. The normalized spacial score (nSPS) is 12.9. The maximum atomic E-state index is 13.0. The van der Waals surface area contributed by atoms with E-state index in [2.05, 4.69) is 10.6 Å². The van der Waals surface area contributed by atoms with Crippen molar-refractivity contribution < 1.29 is 13.9 Å². The quantitative estimate of drug-likeness (QED) is 0.877. The molecule has 1 amide bonds. The Morgan fingerprint density at radius 3 is 2.62 bits per heavy atom. The number of rotatable bonds is 5. The van der Waals surface area contributed by atoms with Gasteiger partial charge in [-0.25, -0.2) is 9.18 Å². The van der Waals surface area contributed by atoms with Crippen LogP contribution in [-0.2, 0) is 11.3 Å². The molecule has 118 valence electrons. The van der Waals surface area contributed by atoms with Crippen molar-refractivity contribution in [2.45, 2.75) is 52.8 Å². The molecule has 5 heteroatoms. The van der Waals surface area contributed by atoms with Crippen LogP contribution in [-0.4, -0.2) is 24.3 Å². The van der Waals surface area contributed by atoms with Gasteiger partial charge in [-0.2, -0.15) is 0 Å². The molecule has 0 aliphatic carbocycles. The predicted molar refractivity (Wildman–Crippen MR) is 81.7 cm³/mol. The van der Waals surface area contributed by atoms with Gasteiger partial charge in [-0.15, -0.1) is 0 Å². The lowest BCUT2D eigenvalue weighted by atomic mass is 10.1. The van der Waals surface area contributed by atoms with Crippen LogP contribution in [0.4, 0.5) is 9.18 Å². The standard InChI is InChI=1S/C16H25FN2O2/c1-11-8-14(17)7-6-13(11)10-18-9-12(2)19-15(20)21-16(3,4)5/h6-8,12,18H,9-10H2,1-5H3,(H,19,20). The van der Waals surface area contributed by atoms with Crippen LogP contribution >= 0.6 is 0 Å². The maximum absolute atomic E-state index is 13.0. The fraction of sp³-hybridized carbons (Fsp3) is 0.562. The van der Waals surface area contributed by atoms with Gasteiger partial charge in [0.2, 0.25) is 0 Å². The molecule has 0 heterocycles. The van der Waals surface area contributed by atoms with Gasteiger partial charge in [0.15, 0.2) is 0 Å². The molecule has 0 aliphatic rings. The minimum Gasteiger partial charge on any atom is -0.444 e. The van der Waals surface area contributed by atoms with Gasteiger partial charge in [0, 0.05) is 19.1 Å². The second-order valence-corrected chi connectivity index (χ2v) is 6.25. The van der Waals surface area contributed by atoms with Crippen LogP contribution in [0.15, 0.2) is 18.2 Å². The number of carbonyl (C=O) groups is 1. The molecule has 0 aliphatic heterocycles. The zero-order valence-corrected chi connectivity index (χ0v) is 13.4. The Balaban J connectivity index is 2.33. The number of nitrogens with one attached hydrogen (secondary N) is 2. The Morgan fingerprint density at radius 1 is 1.38 bits per heavy atom. The molecule has 1 aromatic carbocycles. The van der Waals surface area contributed by atoms with Crippen molar-refractivity contribution in [3.63, 3.8) is 0 Å². The first-order valence-electron chi connectivity index (χ1n) is 7.12. The van der Waals surface area contributed by atoms with E-state index in [1.54, 1.807) is 6.07 Å². The highest BCUT2D eigenvalue weighted by atomic mass is 19.1. The van der Waals surface area contributed by atoms with E-state index in [-0.39, 0.29) is 11.9 Å². The van der Waals surface area contributed by atoms with Crippen LogP contribution < -0.4 is 10.6 Å². The second kappa shape index (κ2) is 7.41. The van der Waals surface area contributed by atoms with Gasteiger partial charge < -0.3 is 15.4 Å². The topological polar surface area (TPSA) is 50.4 Å². The third-order valence-electron chi connectivity index (χ3n) is 2.83. The van der Waals surface area contributed by atoms with Crippen LogP contribution in [0, 0.1) is 12.7 Å². The summed E-state index contributed by atoms with van der Waals surface area (Å²) in [4.78, 5) is 11.6. The molecule has 0 fully saturated rings. The van der Waals surface area contributed by atoms with Crippen LogP contribution in [0.3, 0.4) is 0 Å². The molecule has 4 nitrogen and oxygen atoms in total. The lowest BCUT2D eigenvalue weighted by Gasteiger charge is -2.22. The Kier molecular flexibility index (Phi) is 6.15. The SMILES string of the molecule is Cc1cc(F)ccc1CNCC(C)NC(=O)OC(C)(C)C. The van der Waals surface area contributed by atoms with Crippen LogP contribution in [0.5, 0.6) is 0 Å². The van der Waals surface area contributed by atoms with Gasteiger partial charge in [-0.3, -0.25) is 0 Å². The van der Waals surface area contributed by atoms with Crippen molar-refractivity contribution in [2.75, 3.05) is 6.54 Å². The molecule has 0 saturated heterocycles. The molecule has 21 heavy (non-hydrogen) atoms. The molecule has 0 saturated carbocycles. The summed E-state index contributed by atoms with van der Waals surface area (Å²) >= 11 is 0. The summed E-state index contributed by atoms with van der Waals surface area (Å²) in [7, 11) is 0. The fourth-order valence-corrected chi connectivity index (χ4v) is 1.84. The van der Waals surface area contributed by atoms with Crippen molar-refractivity contribution >= 4 is 6.09 Å². The molecular formula is C16H25FN2O2. The molecule has 0 spiro atoms. The van der Waals surface area contributed by atoms with E-state index in [0.29, 0.717) is 13.1 Å². The smallest absolute Gasteiger partial charge is 0.407 e. The highest BCUT2D eigenvalue weighted by Crippen LogP contribution is 2.09. The number of carbonyl (C=O) groups excluding carboxylic acids is 1. The van der Waals surface area contributed by atoms with Crippen molar-refractivity contribution in [3.05, 3.63) is 35.1 Å². The third-order valence-corrected chi connectivity index (χ3v) is 2.83. The summed E-state index contributed by atoms with van der Waals surface area (Å²) in [5.74, 6) is -0.226. The monoisotopic (exact) mass is 296 g/mol. The average Bonchev–Trinajstić information content (AvgIpc) is 2.29. The van der Waals surface area contributed by atoms with Gasteiger partial charge in [0.1, 0.15) is 11.4 Å². The lowest BCUT2D eigenvalue weighted by molar-refractivity contribution is 0.0508. The zero-order chi connectivity index (χ0) is 16.0. The second-order valence-electron chi connectivity index (χ2n) is 6.25. The number of aryl methyl sites for hydroxylation is 1. The van der Waals surface area contributed by atoms with E-state index in [1.807, 2.05) is 34.6 Å². The number of benzene rings is 1. The van der Waals surface area contributed by atoms with E-state index in [0.717, 1.165) is 11.1 Å². The largest absolute Gasteiger partial charge is 0.444 e. The van der Waals surface area contributed by atoms with Gasteiger partial charge in [0.25, 0.3) is 0 Å². The molecule has 0 bridgehead atoms. The van der Waals surface area contributed by atoms with Gasteiger partial charge in [-0.1, -0.05) is 6.07 Å². The predicted octanol–water partition coefficient (Wildman–Crippen LogP) is 3.14. The zero-order valence-electron chi connectivity index (χ0n) is 13.4. The first-order valence-corrected chi connectivity index (χ1v) is 7.12. The average molecular weight is 296 g/mol. The van der Waals surface area contributed by atoms with Gasteiger partial charge >= 0.3 is 6.09 Å². The molecule has 0 radical (unpaired) electrons. The number of hydrogen-bond donors (Lipinski definition) is 2. The summed E-state index contributed by atoms with van der Waals surface area (Å²) < 4.78 is 18.2. The van der Waals surface area contributed by atoms with Gasteiger partial charge in [-0.05, 0) is 57.9 Å². The molecule has 1 aromatic rings. The van der Waals surface area contributed by atoms with Gasteiger partial charge in [0.05, 0.1) is 0 Å². The number of hydrogen-bond acceptors (Lipinski definition) is 3. The Labute approximate surface area is 126 Å². The summed E-state index contributed by atoms with van der Waals surface area (Å²) in [5, 5.41) is 6.00. The molecule has 1 rings (SSSR count). The highest BCUT2D eigenvalue weighted by Gasteiger charge is 2.17. The third kappa shape index (κ3) is 7.09. The van der Waals surface area contributed by atoms with Crippen LogP contribution in [0.25, 0.3) is 0 Å². The Hall–Kier alpha value is -1.62. The number of halogens is 1. The summed E-state index contributed by atoms with van der Waals surface area (Å²) in [6.07, 6.45) is -0.422. The number of ether oxygens (including phenoxy) is 1. The first kappa shape index (κ1) is 17.4. The summed E-state index contributed by atoms with van der Waals surface area (Å²) in [5.41, 5.74) is 1.46. The fourth-order valence-electron chi connectivity index (χ4n) is 1.84. The summed E-state index contributed by atoms with van der Waals surface area (Å²) in [6, 6.07) is 4.68. The Morgan fingerprint density at radius 2 is 2.05 bits per heavy atom. The van der Waals surface area contributed by atoms with Crippen LogP contribution in [0.1, 0.15) is 38.8 Å². The van der Waals surface area contributed by atoms with E-state index in [1.165, 1.54) is 12.1 Å². The van der Waals surface area contributed by atoms with Crippen molar-refractivity contribution in [1.82, 2.24) is 10.6 Å². The van der Waals surface area contributed by atoms with Crippen molar-refractivity contribution in [3.8, 4) is 0 Å². The first-order chi connectivity index (χ1) is 9.67. The van der Waals surface area contributed by atoms with E-state index in [4.69, 9.17) is 4.74 Å². The van der Waals surface area contributed by atoms with E-state index >= 15 is 0 Å². The number of amides is 1. The maximum Gasteiger partial charge on any atom is 0.407 e. The van der Waals surface area contributed by atoms with Crippen molar-refractivity contribution in [1.29, 1.82) is 0 Å². The molecular weight excluding hydrogens is 271 g/mol. The minimum absolute atomic E-state index is 0.0550. The van der Waals surface area contributed by atoms with Crippen molar-refractivity contribution in [2.24, 2.45) is 0 Å². The number of alkyl carbamates (subject to hydrolysis) is 1. The lowest BCUT2D eigenvalue weighted by Crippen LogP contribution is -2.42. The Bertz CT molecular complexity index is 484. The van der Waals surface area contributed by atoms with Crippen LogP contribution in [0.2, 0.25) is 0 Å².